The molecule has 9 nitrogen and oxygen atoms in total. The van der Waals surface area contributed by atoms with Crippen LogP contribution in [-0.4, -0.2) is 73.1 Å². The van der Waals surface area contributed by atoms with E-state index < -0.39 is 16.1 Å². The molecule has 5 rings (SSSR count). The molecule has 0 spiro atoms. The maximum absolute atomic E-state index is 13.6. The summed E-state index contributed by atoms with van der Waals surface area (Å²) in [6.07, 6.45) is 3.69. The van der Waals surface area contributed by atoms with Crippen molar-refractivity contribution in [2.24, 2.45) is 0 Å². The molecule has 2 amide bonds. The minimum Gasteiger partial charge on any atom is -0.508 e. The zero-order valence-electron chi connectivity index (χ0n) is 22.1. The Morgan fingerprint density at radius 3 is 2.40 bits per heavy atom. The molecular weight excluding hydrogens is 526 g/mol. The van der Waals surface area contributed by atoms with E-state index in [9.17, 15) is 18.3 Å². The van der Waals surface area contributed by atoms with Crippen molar-refractivity contribution in [3.63, 3.8) is 0 Å². The molecule has 208 valence electrons. The van der Waals surface area contributed by atoms with Gasteiger partial charge < -0.3 is 15.3 Å². The molecule has 0 aliphatic carbocycles. The number of phenolic OH excluding ortho intramolecular Hbond substituents is 1. The maximum Gasteiger partial charge on any atom is 0.317 e. The van der Waals surface area contributed by atoms with Crippen molar-refractivity contribution in [3.8, 4) is 5.75 Å². The van der Waals surface area contributed by atoms with Crippen molar-refractivity contribution < 1.29 is 18.3 Å². The number of urea groups is 1. The Morgan fingerprint density at radius 2 is 1.65 bits per heavy atom. The quantitative estimate of drug-likeness (QED) is 0.290. The average molecular weight is 560 g/mol. The lowest BCUT2D eigenvalue weighted by Crippen LogP contribution is -2.54. The number of piperazine rings is 1. The number of carbonyl (C=O) groups is 1. The van der Waals surface area contributed by atoms with Gasteiger partial charge in [0.2, 0.25) is 10.0 Å². The molecule has 1 aliphatic rings. The zero-order valence-corrected chi connectivity index (χ0v) is 22.9. The first-order valence-electron chi connectivity index (χ1n) is 13.3. The fourth-order valence-electron chi connectivity index (χ4n) is 5.00. The fraction of sp³-hybridized carbons (Fsp3) is 0.267. The Hall–Kier alpha value is -3.99. The van der Waals surface area contributed by atoms with Gasteiger partial charge in [0.25, 0.3) is 0 Å². The number of hydrogen-bond acceptors (Lipinski definition) is 6. The SMILES string of the molecule is O=C(NCc1ccccc1)N1CCN(CC(Cc2ccc(O)cc2)NS(=O)(=O)c2cccc3cnccc23)CC1. The number of nitrogens with one attached hydrogen (secondary N) is 2. The highest BCUT2D eigenvalue weighted by molar-refractivity contribution is 7.89. The van der Waals surface area contributed by atoms with Crippen molar-refractivity contribution in [2.75, 3.05) is 32.7 Å². The molecule has 1 atom stereocenters. The molecule has 0 saturated carbocycles. The van der Waals surface area contributed by atoms with E-state index in [0.29, 0.717) is 51.1 Å². The summed E-state index contributed by atoms with van der Waals surface area (Å²) in [4.78, 5) is 21.0. The van der Waals surface area contributed by atoms with Crippen LogP contribution in [0.1, 0.15) is 11.1 Å². The molecule has 1 unspecified atom stereocenters. The summed E-state index contributed by atoms with van der Waals surface area (Å²) in [5, 5.41) is 14.0. The number of carbonyl (C=O) groups excluding carboxylic acids is 1. The van der Waals surface area contributed by atoms with Crippen LogP contribution in [0.4, 0.5) is 4.79 Å². The van der Waals surface area contributed by atoms with Crippen LogP contribution in [0.2, 0.25) is 0 Å². The Kier molecular flexibility index (Phi) is 8.59. The molecule has 3 N–H and O–H groups in total. The average Bonchev–Trinajstić information content (AvgIpc) is 2.97. The fourth-order valence-corrected chi connectivity index (χ4v) is 6.46. The van der Waals surface area contributed by atoms with Crippen molar-refractivity contribution in [1.29, 1.82) is 0 Å². The van der Waals surface area contributed by atoms with Crippen LogP contribution in [0.25, 0.3) is 10.8 Å². The summed E-state index contributed by atoms with van der Waals surface area (Å²) < 4.78 is 30.2. The number of nitrogens with zero attached hydrogens (tertiary/aromatic N) is 3. The van der Waals surface area contributed by atoms with Crippen molar-refractivity contribution in [1.82, 2.24) is 24.8 Å². The number of aromatic hydroxyl groups is 1. The summed E-state index contributed by atoms with van der Waals surface area (Å²) in [6, 6.07) is 22.9. The largest absolute Gasteiger partial charge is 0.508 e. The Bertz CT molecular complexity index is 1530. The molecule has 1 aromatic heterocycles. The van der Waals surface area contributed by atoms with Gasteiger partial charge in [0.1, 0.15) is 5.75 Å². The van der Waals surface area contributed by atoms with Gasteiger partial charge in [-0.1, -0.05) is 54.6 Å². The summed E-state index contributed by atoms with van der Waals surface area (Å²) in [6.45, 7) is 3.32. The number of amides is 2. The van der Waals surface area contributed by atoms with Crippen LogP contribution >= 0.6 is 0 Å². The number of fused-ring (bicyclic) bond motifs is 1. The number of pyridine rings is 1. The molecule has 0 bridgehead atoms. The van der Waals surface area contributed by atoms with Gasteiger partial charge in [-0.15, -0.1) is 0 Å². The van der Waals surface area contributed by atoms with Crippen LogP contribution < -0.4 is 10.0 Å². The van der Waals surface area contributed by atoms with Gasteiger partial charge in [-0.25, -0.2) is 17.9 Å². The Morgan fingerprint density at radius 1 is 0.900 bits per heavy atom. The zero-order chi connectivity index (χ0) is 28.0. The summed E-state index contributed by atoms with van der Waals surface area (Å²) in [5.41, 5.74) is 1.95. The Labute approximate surface area is 234 Å². The van der Waals surface area contributed by atoms with E-state index in [4.69, 9.17) is 0 Å². The minimum atomic E-state index is -3.85. The first-order valence-corrected chi connectivity index (χ1v) is 14.8. The van der Waals surface area contributed by atoms with Crippen LogP contribution in [0.5, 0.6) is 5.75 Å². The normalized spacial score (nSPS) is 15.2. The molecule has 1 aliphatic heterocycles. The third-order valence-electron chi connectivity index (χ3n) is 7.10. The third kappa shape index (κ3) is 6.95. The van der Waals surface area contributed by atoms with E-state index >= 15 is 0 Å². The van der Waals surface area contributed by atoms with Crippen molar-refractivity contribution in [2.45, 2.75) is 23.9 Å². The van der Waals surface area contributed by atoms with Crippen molar-refractivity contribution >= 4 is 26.8 Å². The lowest BCUT2D eigenvalue weighted by atomic mass is 10.1. The van der Waals surface area contributed by atoms with Crippen LogP contribution in [0, 0.1) is 0 Å². The van der Waals surface area contributed by atoms with Gasteiger partial charge in [-0.3, -0.25) is 9.88 Å². The van der Waals surface area contributed by atoms with Crippen LogP contribution in [0.3, 0.4) is 0 Å². The highest BCUT2D eigenvalue weighted by atomic mass is 32.2. The van der Waals surface area contributed by atoms with Crippen molar-refractivity contribution in [3.05, 3.63) is 102 Å². The number of hydrogen-bond donors (Lipinski definition) is 3. The molecule has 1 saturated heterocycles. The number of rotatable bonds is 9. The van der Waals surface area contributed by atoms with Gasteiger partial charge >= 0.3 is 6.03 Å². The summed E-state index contributed by atoms with van der Waals surface area (Å²) in [7, 11) is -3.85. The van der Waals surface area contributed by atoms with Gasteiger partial charge in [0, 0.05) is 68.5 Å². The highest BCUT2D eigenvalue weighted by Gasteiger charge is 2.27. The number of phenols is 1. The van der Waals surface area contributed by atoms with Crippen LogP contribution in [0.15, 0.2) is 96.2 Å². The van der Waals surface area contributed by atoms with Gasteiger partial charge in [-0.05, 0) is 41.8 Å². The minimum absolute atomic E-state index is 0.102. The molecule has 10 heteroatoms. The first kappa shape index (κ1) is 27.6. The van der Waals surface area contributed by atoms with E-state index in [-0.39, 0.29) is 16.7 Å². The molecule has 3 aromatic carbocycles. The second kappa shape index (κ2) is 12.5. The van der Waals surface area contributed by atoms with Crippen LogP contribution in [-0.2, 0) is 23.0 Å². The predicted octanol–water partition coefficient (Wildman–Crippen LogP) is 3.36. The third-order valence-corrected chi connectivity index (χ3v) is 8.67. The standard InChI is InChI=1S/C30H33N5O4S/c36-27-11-9-23(10-12-27)19-26(33-40(38,39)29-8-4-7-25-21-31-14-13-28(25)29)22-34-15-17-35(18-16-34)30(37)32-20-24-5-2-1-3-6-24/h1-14,21,26,33,36H,15-20,22H2,(H,32,37). The van der Waals surface area contributed by atoms with Gasteiger partial charge in [-0.2, -0.15) is 0 Å². The molecule has 4 aromatic rings. The monoisotopic (exact) mass is 559 g/mol. The van der Waals surface area contributed by atoms with E-state index in [0.717, 1.165) is 16.5 Å². The van der Waals surface area contributed by atoms with E-state index in [1.165, 1.54) is 0 Å². The molecule has 2 heterocycles. The summed E-state index contributed by atoms with van der Waals surface area (Å²) in [5.74, 6) is 0.159. The van der Waals surface area contributed by atoms with E-state index in [1.54, 1.807) is 59.8 Å². The lowest BCUT2D eigenvalue weighted by molar-refractivity contribution is 0.133. The molecule has 40 heavy (non-hydrogen) atoms. The first-order chi connectivity index (χ1) is 19.4. The predicted molar refractivity (Wildman–Crippen MR) is 154 cm³/mol. The molecular formula is C30H33N5O4S. The topological polar surface area (TPSA) is 115 Å². The van der Waals surface area contributed by atoms with Gasteiger partial charge in [0.15, 0.2) is 0 Å². The lowest BCUT2D eigenvalue weighted by Gasteiger charge is -2.36. The molecule has 1 fully saturated rings. The Balaban J connectivity index is 1.26. The number of sulfonamides is 1. The maximum atomic E-state index is 13.6. The van der Waals surface area contributed by atoms with E-state index in [1.807, 2.05) is 36.4 Å². The highest BCUT2D eigenvalue weighted by Crippen LogP contribution is 2.23. The smallest absolute Gasteiger partial charge is 0.317 e. The molecule has 0 radical (unpaired) electrons. The number of benzene rings is 3. The van der Waals surface area contributed by atoms with E-state index in [2.05, 4.69) is 19.9 Å². The second-order valence-electron chi connectivity index (χ2n) is 9.97. The second-order valence-corrected chi connectivity index (χ2v) is 11.7. The van der Waals surface area contributed by atoms with Gasteiger partial charge in [0.05, 0.1) is 4.90 Å². The number of aromatic nitrogens is 1. The summed E-state index contributed by atoms with van der Waals surface area (Å²) >= 11 is 0.